The number of amides is 1. The van der Waals surface area contributed by atoms with Crippen LogP contribution in [0.15, 0.2) is 47.8 Å². The molecule has 4 rings (SSSR count). The van der Waals surface area contributed by atoms with Crippen molar-refractivity contribution in [2.45, 2.75) is 43.2 Å². The topological polar surface area (TPSA) is 59.3 Å². The molecule has 1 saturated carbocycles. The van der Waals surface area contributed by atoms with Gasteiger partial charge < -0.3 is 5.32 Å². The number of fused-ring (bicyclic) bond motifs is 1. The molecule has 1 fully saturated rings. The van der Waals surface area contributed by atoms with Gasteiger partial charge in [-0.2, -0.15) is 5.10 Å². The number of benzene rings is 1. The van der Waals surface area contributed by atoms with Crippen molar-refractivity contribution in [3.05, 3.63) is 47.7 Å². The molecule has 1 amide bonds. The molecule has 2 aromatic heterocycles. The third kappa shape index (κ3) is 4.45. The van der Waals surface area contributed by atoms with Gasteiger partial charge in [0, 0.05) is 29.0 Å². The summed E-state index contributed by atoms with van der Waals surface area (Å²) < 4.78 is 1.80. The molecule has 0 unspecified atom stereocenters. The minimum absolute atomic E-state index is 0.0770. The SMILES string of the molecule is O=C(CSc1nccn2nc(-c3ccc(Cl)cc3)cc12)NC1CCCCC1. The highest BCUT2D eigenvalue weighted by Gasteiger charge is 2.16. The summed E-state index contributed by atoms with van der Waals surface area (Å²) in [5.74, 6) is 0.443. The molecule has 0 aliphatic heterocycles. The fourth-order valence-corrected chi connectivity index (χ4v) is 4.33. The van der Waals surface area contributed by atoms with Crippen LogP contribution < -0.4 is 5.32 Å². The molecule has 1 N–H and O–H groups in total. The number of hydrogen-bond donors (Lipinski definition) is 1. The van der Waals surface area contributed by atoms with E-state index >= 15 is 0 Å². The summed E-state index contributed by atoms with van der Waals surface area (Å²) in [5, 5.41) is 9.27. The van der Waals surface area contributed by atoms with Gasteiger partial charge in [-0.1, -0.05) is 54.8 Å². The third-order valence-electron chi connectivity index (χ3n) is 4.80. The van der Waals surface area contributed by atoms with Gasteiger partial charge in [0.05, 0.1) is 17.0 Å². The van der Waals surface area contributed by atoms with E-state index in [0.29, 0.717) is 16.8 Å². The van der Waals surface area contributed by atoms with Gasteiger partial charge >= 0.3 is 0 Å². The first-order valence-corrected chi connectivity index (χ1v) is 10.6. The molecular weight excluding hydrogens is 380 g/mol. The average molecular weight is 401 g/mol. The maximum Gasteiger partial charge on any atom is 0.230 e. The predicted molar refractivity (Wildman–Crippen MR) is 109 cm³/mol. The molecule has 0 saturated heterocycles. The van der Waals surface area contributed by atoms with Crippen LogP contribution in [0.4, 0.5) is 0 Å². The molecule has 1 aliphatic rings. The normalized spacial score (nSPS) is 15.1. The second-order valence-corrected chi connectivity index (χ2v) is 8.19. The number of nitrogens with one attached hydrogen (secondary N) is 1. The van der Waals surface area contributed by atoms with Gasteiger partial charge in [0.1, 0.15) is 5.03 Å². The first kappa shape index (κ1) is 18.3. The van der Waals surface area contributed by atoms with Crippen LogP contribution in [0.3, 0.4) is 0 Å². The van der Waals surface area contributed by atoms with Crippen LogP contribution in [0.5, 0.6) is 0 Å². The number of rotatable bonds is 5. The summed E-state index contributed by atoms with van der Waals surface area (Å²) in [5.41, 5.74) is 2.75. The van der Waals surface area contributed by atoms with Crippen LogP contribution in [0, 0.1) is 0 Å². The lowest BCUT2D eigenvalue weighted by molar-refractivity contribution is -0.119. The highest BCUT2D eigenvalue weighted by atomic mass is 35.5. The van der Waals surface area contributed by atoms with Gasteiger partial charge in [0.2, 0.25) is 5.91 Å². The lowest BCUT2D eigenvalue weighted by atomic mass is 9.95. The van der Waals surface area contributed by atoms with Crippen molar-refractivity contribution in [1.29, 1.82) is 0 Å². The van der Waals surface area contributed by atoms with Crippen molar-refractivity contribution in [1.82, 2.24) is 19.9 Å². The number of aromatic nitrogens is 3. The summed E-state index contributed by atoms with van der Waals surface area (Å²) in [4.78, 5) is 16.7. The van der Waals surface area contributed by atoms with Crippen molar-refractivity contribution in [2.24, 2.45) is 0 Å². The van der Waals surface area contributed by atoms with E-state index in [4.69, 9.17) is 11.6 Å². The summed E-state index contributed by atoms with van der Waals surface area (Å²) in [6.07, 6.45) is 9.43. The minimum Gasteiger partial charge on any atom is -0.353 e. The summed E-state index contributed by atoms with van der Waals surface area (Å²) in [6, 6.07) is 9.93. The van der Waals surface area contributed by atoms with Gasteiger partial charge in [-0.3, -0.25) is 4.79 Å². The number of halogens is 1. The Labute approximate surface area is 167 Å². The number of carbonyl (C=O) groups excluding carboxylic acids is 1. The zero-order chi connectivity index (χ0) is 18.6. The lowest BCUT2D eigenvalue weighted by Crippen LogP contribution is -2.37. The van der Waals surface area contributed by atoms with Gasteiger partial charge in [0.15, 0.2) is 0 Å². The second kappa shape index (κ2) is 8.31. The van der Waals surface area contributed by atoms with Crippen molar-refractivity contribution >= 4 is 34.8 Å². The van der Waals surface area contributed by atoms with Crippen LogP contribution in [0.25, 0.3) is 16.8 Å². The first-order chi connectivity index (χ1) is 13.2. The molecule has 7 heteroatoms. The fraction of sp³-hybridized carbons (Fsp3) is 0.350. The first-order valence-electron chi connectivity index (χ1n) is 9.21. The smallest absolute Gasteiger partial charge is 0.230 e. The molecule has 0 bridgehead atoms. The highest BCUT2D eigenvalue weighted by Crippen LogP contribution is 2.27. The second-order valence-electron chi connectivity index (χ2n) is 6.79. The highest BCUT2D eigenvalue weighted by molar-refractivity contribution is 8.00. The summed E-state index contributed by atoms with van der Waals surface area (Å²) in [7, 11) is 0. The van der Waals surface area contributed by atoms with Crippen LogP contribution >= 0.6 is 23.4 Å². The van der Waals surface area contributed by atoms with Crippen LogP contribution in [0.1, 0.15) is 32.1 Å². The molecule has 3 aromatic rings. The Kier molecular flexibility index (Phi) is 5.64. The molecule has 27 heavy (non-hydrogen) atoms. The van der Waals surface area contributed by atoms with Gasteiger partial charge in [-0.05, 0) is 31.0 Å². The van der Waals surface area contributed by atoms with E-state index in [-0.39, 0.29) is 5.91 Å². The fourth-order valence-electron chi connectivity index (χ4n) is 3.42. The minimum atomic E-state index is 0.0770. The zero-order valence-corrected chi connectivity index (χ0v) is 16.5. The molecule has 1 aromatic carbocycles. The Balaban J connectivity index is 1.47. The molecule has 0 radical (unpaired) electrons. The number of thioether (sulfide) groups is 1. The van der Waals surface area contributed by atoms with Crippen molar-refractivity contribution in [3.63, 3.8) is 0 Å². The average Bonchev–Trinajstić information content (AvgIpc) is 3.12. The lowest BCUT2D eigenvalue weighted by Gasteiger charge is -2.22. The number of carbonyl (C=O) groups is 1. The van der Waals surface area contributed by atoms with E-state index in [9.17, 15) is 4.79 Å². The van der Waals surface area contributed by atoms with Crippen LogP contribution in [-0.2, 0) is 4.79 Å². The van der Waals surface area contributed by atoms with E-state index in [0.717, 1.165) is 34.6 Å². The molecule has 0 spiro atoms. The Morgan fingerprint density at radius 1 is 1.22 bits per heavy atom. The molecule has 140 valence electrons. The largest absolute Gasteiger partial charge is 0.353 e. The molecule has 0 atom stereocenters. The Bertz CT molecular complexity index is 935. The predicted octanol–water partition coefficient (Wildman–Crippen LogP) is 4.59. The van der Waals surface area contributed by atoms with Crippen molar-refractivity contribution in [3.8, 4) is 11.3 Å². The van der Waals surface area contributed by atoms with E-state index in [1.807, 2.05) is 36.5 Å². The maximum absolute atomic E-state index is 12.3. The van der Waals surface area contributed by atoms with Crippen molar-refractivity contribution in [2.75, 3.05) is 5.75 Å². The Hall–Kier alpha value is -2.05. The number of hydrogen-bond acceptors (Lipinski definition) is 4. The van der Waals surface area contributed by atoms with Crippen LogP contribution in [-0.4, -0.2) is 32.3 Å². The summed E-state index contributed by atoms with van der Waals surface area (Å²) >= 11 is 7.42. The molecule has 5 nitrogen and oxygen atoms in total. The Morgan fingerprint density at radius 3 is 2.78 bits per heavy atom. The maximum atomic E-state index is 12.3. The Morgan fingerprint density at radius 2 is 2.00 bits per heavy atom. The molecule has 1 aliphatic carbocycles. The van der Waals surface area contributed by atoms with Crippen molar-refractivity contribution < 1.29 is 4.79 Å². The van der Waals surface area contributed by atoms with Gasteiger partial charge in [-0.15, -0.1) is 0 Å². The molecule has 2 heterocycles. The van der Waals surface area contributed by atoms with E-state index in [2.05, 4.69) is 15.4 Å². The van der Waals surface area contributed by atoms with Gasteiger partial charge in [-0.25, -0.2) is 9.50 Å². The van der Waals surface area contributed by atoms with Crippen LogP contribution in [0.2, 0.25) is 5.02 Å². The quantitative estimate of drug-likeness (QED) is 0.636. The monoisotopic (exact) mass is 400 g/mol. The van der Waals surface area contributed by atoms with E-state index in [1.54, 1.807) is 10.7 Å². The zero-order valence-electron chi connectivity index (χ0n) is 14.9. The summed E-state index contributed by atoms with van der Waals surface area (Å²) in [6.45, 7) is 0. The standard InChI is InChI=1S/C20H21ClN4OS/c21-15-8-6-14(7-9-15)17-12-18-20(22-10-11-25(18)24-17)27-13-19(26)23-16-4-2-1-3-5-16/h6-12,16H,1-5,13H2,(H,23,26). The molecular formula is C20H21ClN4OS. The third-order valence-corrected chi connectivity index (χ3v) is 6.05. The van der Waals surface area contributed by atoms with E-state index in [1.165, 1.54) is 31.0 Å². The van der Waals surface area contributed by atoms with Gasteiger partial charge in [0.25, 0.3) is 0 Å². The van der Waals surface area contributed by atoms with E-state index < -0.39 is 0 Å². The number of nitrogens with zero attached hydrogens (tertiary/aromatic N) is 3.